The molecule has 3 aromatic rings. The predicted octanol–water partition coefficient (Wildman–Crippen LogP) is 5.24. The fourth-order valence-electron chi connectivity index (χ4n) is 3.10. The van der Waals surface area contributed by atoms with E-state index in [9.17, 15) is 9.59 Å². The summed E-state index contributed by atoms with van der Waals surface area (Å²) < 4.78 is 6.83. The van der Waals surface area contributed by atoms with Crippen molar-refractivity contribution < 1.29 is 14.3 Å². The molecule has 34 heavy (non-hydrogen) atoms. The number of halogens is 1. The summed E-state index contributed by atoms with van der Waals surface area (Å²) in [6.45, 7) is 6.17. The van der Waals surface area contributed by atoms with Gasteiger partial charge in [0.25, 0.3) is 11.8 Å². The van der Waals surface area contributed by atoms with E-state index in [1.165, 1.54) is 0 Å². The molecule has 0 aliphatic carbocycles. The molecule has 6 nitrogen and oxygen atoms in total. The Bertz CT molecular complexity index is 1130. The molecule has 0 fully saturated rings. The zero-order chi connectivity index (χ0) is 24.5. The third kappa shape index (κ3) is 7.56. The van der Waals surface area contributed by atoms with Crippen molar-refractivity contribution in [3.63, 3.8) is 0 Å². The van der Waals surface area contributed by atoms with Gasteiger partial charge in [-0.05, 0) is 72.5 Å². The lowest BCUT2D eigenvalue weighted by Crippen LogP contribution is -2.48. The van der Waals surface area contributed by atoms with Gasteiger partial charge in [-0.2, -0.15) is 5.10 Å². The number of amides is 2. The maximum atomic E-state index is 12.6. The second kappa shape index (κ2) is 12.1. The van der Waals surface area contributed by atoms with Crippen LogP contribution in [0, 0.1) is 12.8 Å². The van der Waals surface area contributed by atoms with E-state index in [1.807, 2.05) is 81.4 Å². The molecule has 0 saturated heterocycles. The first-order chi connectivity index (χ1) is 16.3. The highest BCUT2D eigenvalue weighted by Gasteiger charge is 2.24. The third-order valence-electron chi connectivity index (χ3n) is 5.14. The monoisotopic (exact) mass is 521 g/mol. The molecule has 0 aromatic heterocycles. The first-order valence-electron chi connectivity index (χ1n) is 11.0. The second-order valence-corrected chi connectivity index (χ2v) is 9.20. The van der Waals surface area contributed by atoms with Gasteiger partial charge in [-0.15, -0.1) is 0 Å². The van der Waals surface area contributed by atoms with E-state index in [4.69, 9.17) is 4.74 Å². The van der Waals surface area contributed by atoms with Gasteiger partial charge in [0.05, 0.1) is 6.21 Å². The number of aryl methyl sites for hydroxylation is 1. The van der Waals surface area contributed by atoms with E-state index in [1.54, 1.807) is 18.3 Å². The Hall–Kier alpha value is -3.45. The Labute approximate surface area is 208 Å². The number of nitrogens with zero attached hydrogens (tertiary/aromatic N) is 1. The van der Waals surface area contributed by atoms with Crippen LogP contribution in [0.1, 0.15) is 40.9 Å². The van der Waals surface area contributed by atoms with Crippen molar-refractivity contribution in [2.24, 2.45) is 11.0 Å². The van der Waals surface area contributed by atoms with Crippen LogP contribution in [-0.2, 0) is 11.4 Å². The van der Waals surface area contributed by atoms with Gasteiger partial charge >= 0.3 is 0 Å². The highest BCUT2D eigenvalue weighted by molar-refractivity contribution is 9.10. The number of nitrogens with one attached hydrogen (secondary N) is 2. The molecule has 1 atom stereocenters. The first kappa shape index (κ1) is 25.2. The van der Waals surface area contributed by atoms with Crippen LogP contribution in [0.2, 0.25) is 0 Å². The van der Waals surface area contributed by atoms with Gasteiger partial charge in [0.1, 0.15) is 18.4 Å². The Morgan fingerprint density at radius 2 is 1.62 bits per heavy atom. The number of rotatable bonds is 9. The van der Waals surface area contributed by atoms with Crippen LogP contribution < -0.4 is 15.5 Å². The Balaban J connectivity index is 1.52. The van der Waals surface area contributed by atoms with Crippen molar-refractivity contribution >= 4 is 34.0 Å². The molecule has 3 rings (SSSR count). The maximum absolute atomic E-state index is 12.6. The smallest absolute Gasteiger partial charge is 0.262 e. The van der Waals surface area contributed by atoms with Gasteiger partial charge in [-0.1, -0.05) is 59.6 Å². The van der Waals surface area contributed by atoms with Crippen LogP contribution in [0.25, 0.3) is 0 Å². The number of carbonyl (C=O) groups excluding carboxylic acids is 2. The minimum Gasteiger partial charge on any atom is -0.489 e. The summed E-state index contributed by atoms with van der Waals surface area (Å²) in [5.74, 6) is -0.0349. The van der Waals surface area contributed by atoms with Crippen molar-refractivity contribution in [3.05, 3.63) is 99.5 Å². The van der Waals surface area contributed by atoms with Crippen LogP contribution in [0.3, 0.4) is 0 Å². The summed E-state index contributed by atoms with van der Waals surface area (Å²) in [6.07, 6.45) is 1.55. The van der Waals surface area contributed by atoms with Gasteiger partial charge in [-0.3, -0.25) is 9.59 Å². The highest BCUT2D eigenvalue weighted by atomic mass is 79.9. The van der Waals surface area contributed by atoms with E-state index < -0.39 is 6.04 Å². The van der Waals surface area contributed by atoms with Gasteiger partial charge < -0.3 is 10.1 Å². The molecule has 3 aromatic carbocycles. The lowest BCUT2D eigenvalue weighted by molar-refractivity contribution is -0.123. The van der Waals surface area contributed by atoms with E-state index in [-0.39, 0.29) is 17.7 Å². The van der Waals surface area contributed by atoms with E-state index >= 15 is 0 Å². The normalized spacial score (nSPS) is 11.9. The number of hydrogen-bond acceptors (Lipinski definition) is 4. The van der Waals surface area contributed by atoms with Gasteiger partial charge in [-0.25, -0.2) is 5.43 Å². The summed E-state index contributed by atoms with van der Waals surface area (Å²) in [4.78, 5) is 25.1. The van der Waals surface area contributed by atoms with Crippen molar-refractivity contribution in [1.29, 1.82) is 0 Å². The Kier molecular flexibility index (Phi) is 8.99. The van der Waals surface area contributed by atoms with Crippen LogP contribution in [0.5, 0.6) is 5.75 Å². The first-order valence-corrected chi connectivity index (χ1v) is 11.8. The standard InChI is InChI=1S/C27H28BrN3O3/c1-18(2)25(30-26(32)22-10-4-19(3)5-11-22)27(33)31-29-16-20-8-14-24(15-9-20)34-17-21-6-12-23(28)13-7-21/h4-16,18,25H,17H2,1-3H3,(H,30,32)(H,31,33). The highest BCUT2D eigenvalue weighted by Crippen LogP contribution is 2.15. The largest absolute Gasteiger partial charge is 0.489 e. The average molecular weight is 522 g/mol. The molecule has 1 unspecified atom stereocenters. The fourth-order valence-corrected chi connectivity index (χ4v) is 3.37. The minimum absolute atomic E-state index is 0.105. The third-order valence-corrected chi connectivity index (χ3v) is 5.67. The summed E-state index contributed by atoms with van der Waals surface area (Å²) in [5.41, 5.74) is 5.98. The molecule has 176 valence electrons. The predicted molar refractivity (Wildman–Crippen MR) is 138 cm³/mol. The number of hydrazone groups is 1. The summed E-state index contributed by atoms with van der Waals surface area (Å²) in [7, 11) is 0. The molecule has 2 N–H and O–H groups in total. The Morgan fingerprint density at radius 3 is 2.24 bits per heavy atom. The molecule has 0 aliphatic rings. The Morgan fingerprint density at radius 1 is 0.971 bits per heavy atom. The fraction of sp³-hybridized carbons (Fsp3) is 0.222. The van der Waals surface area contributed by atoms with Crippen molar-refractivity contribution in [3.8, 4) is 5.75 Å². The van der Waals surface area contributed by atoms with E-state index in [2.05, 4.69) is 31.8 Å². The van der Waals surface area contributed by atoms with Gasteiger partial charge in [0.15, 0.2) is 0 Å². The summed E-state index contributed by atoms with van der Waals surface area (Å²) in [5, 5.41) is 6.84. The van der Waals surface area contributed by atoms with Crippen molar-refractivity contribution in [1.82, 2.24) is 10.7 Å². The van der Waals surface area contributed by atoms with Crippen LogP contribution in [0.4, 0.5) is 0 Å². The zero-order valence-corrected chi connectivity index (χ0v) is 21.0. The molecular weight excluding hydrogens is 494 g/mol. The van der Waals surface area contributed by atoms with Crippen molar-refractivity contribution in [2.75, 3.05) is 0 Å². The van der Waals surface area contributed by atoms with Crippen LogP contribution >= 0.6 is 15.9 Å². The van der Waals surface area contributed by atoms with Crippen LogP contribution in [-0.4, -0.2) is 24.1 Å². The molecule has 0 bridgehead atoms. The zero-order valence-electron chi connectivity index (χ0n) is 19.4. The molecule has 0 spiro atoms. The average Bonchev–Trinajstić information content (AvgIpc) is 2.83. The minimum atomic E-state index is -0.708. The van der Waals surface area contributed by atoms with Crippen LogP contribution in [0.15, 0.2) is 82.4 Å². The van der Waals surface area contributed by atoms with Gasteiger partial charge in [0.2, 0.25) is 0 Å². The molecule has 2 amide bonds. The molecule has 7 heteroatoms. The number of carbonyl (C=O) groups is 2. The maximum Gasteiger partial charge on any atom is 0.262 e. The van der Waals surface area contributed by atoms with E-state index in [0.29, 0.717) is 12.2 Å². The van der Waals surface area contributed by atoms with Crippen molar-refractivity contribution in [2.45, 2.75) is 33.4 Å². The molecule has 0 heterocycles. The lowest BCUT2D eigenvalue weighted by Gasteiger charge is -2.20. The SMILES string of the molecule is Cc1ccc(C(=O)NC(C(=O)NN=Cc2ccc(OCc3ccc(Br)cc3)cc2)C(C)C)cc1. The molecular formula is C27H28BrN3O3. The number of hydrogen-bond donors (Lipinski definition) is 2. The number of benzene rings is 3. The van der Waals surface area contributed by atoms with Gasteiger partial charge in [0, 0.05) is 10.0 Å². The summed E-state index contributed by atoms with van der Waals surface area (Å²) >= 11 is 3.42. The lowest BCUT2D eigenvalue weighted by atomic mass is 10.0. The molecule has 0 radical (unpaired) electrons. The van der Waals surface area contributed by atoms with E-state index in [0.717, 1.165) is 26.9 Å². The quantitative estimate of drug-likeness (QED) is 0.298. The topological polar surface area (TPSA) is 79.8 Å². The molecule has 0 aliphatic heterocycles. The number of ether oxygens (including phenoxy) is 1. The summed E-state index contributed by atoms with van der Waals surface area (Å²) in [6, 6.07) is 21.9. The second-order valence-electron chi connectivity index (χ2n) is 8.28. The molecule has 0 saturated carbocycles.